The van der Waals surface area contributed by atoms with Crippen LogP contribution in [0.5, 0.6) is 11.5 Å². The third-order valence-electron chi connectivity index (χ3n) is 3.17. The number of ether oxygens (including phenoxy) is 1. The number of pyridine rings is 1. The fraction of sp³-hybridized carbons (Fsp3) is 0.250. The van der Waals surface area contributed by atoms with E-state index in [-0.39, 0.29) is 11.7 Å². The third-order valence-corrected chi connectivity index (χ3v) is 3.17. The molecule has 0 aliphatic rings. The number of nitrogens with zero attached hydrogens (tertiary/aromatic N) is 2. The highest BCUT2D eigenvalue weighted by Crippen LogP contribution is 2.16. The van der Waals surface area contributed by atoms with Gasteiger partial charge in [-0.3, -0.25) is 9.78 Å². The van der Waals surface area contributed by atoms with Crippen molar-refractivity contribution >= 4 is 5.91 Å². The molecule has 0 aliphatic carbocycles. The van der Waals surface area contributed by atoms with Crippen molar-refractivity contribution in [2.24, 2.45) is 0 Å². The normalized spacial score (nSPS) is 10.2. The van der Waals surface area contributed by atoms with E-state index >= 15 is 0 Å². The van der Waals surface area contributed by atoms with Crippen LogP contribution in [0, 0.1) is 0 Å². The Morgan fingerprint density at radius 3 is 2.57 bits per heavy atom. The summed E-state index contributed by atoms with van der Waals surface area (Å²) in [4.78, 5) is 17.9. The lowest BCUT2D eigenvalue weighted by molar-refractivity contribution is 0.0751. The van der Waals surface area contributed by atoms with Crippen molar-refractivity contribution in [2.45, 2.75) is 13.5 Å². The highest BCUT2D eigenvalue weighted by molar-refractivity contribution is 5.94. The fourth-order valence-corrected chi connectivity index (χ4v) is 2.01. The van der Waals surface area contributed by atoms with Gasteiger partial charge in [0.1, 0.15) is 11.5 Å². The highest BCUT2D eigenvalue weighted by atomic mass is 16.5. The lowest BCUT2D eigenvalue weighted by atomic mass is 10.1. The monoisotopic (exact) mass is 286 g/mol. The van der Waals surface area contributed by atoms with Gasteiger partial charge < -0.3 is 14.7 Å². The summed E-state index contributed by atoms with van der Waals surface area (Å²) >= 11 is 0. The van der Waals surface area contributed by atoms with Gasteiger partial charge in [0, 0.05) is 19.3 Å². The molecule has 1 amide bonds. The number of aromatic nitrogens is 1. The second-order valence-electron chi connectivity index (χ2n) is 4.60. The molecule has 0 unspecified atom stereocenters. The topological polar surface area (TPSA) is 62.7 Å². The Hall–Kier alpha value is -2.56. The lowest BCUT2D eigenvalue weighted by Gasteiger charge is -2.21. The first kappa shape index (κ1) is 14.8. The van der Waals surface area contributed by atoms with Crippen LogP contribution in [0.25, 0.3) is 0 Å². The van der Waals surface area contributed by atoms with E-state index in [1.807, 2.05) is 31.2 Å². The van der Waals surface area contributed by atoms with E-state index in [9.17, 15) is 9.90 Å². The van der Waals surface area contributed by atoms with Crippen molar-refractivity contribution < 1.29 is 14.6 Å². The molecular weight excluding hydrogens is 268 g/mol. The predicted octanol–water partition coefficient (Wildman–Crippen LogP) is 2.46. The van der Waals surface area contributed by atoms with Crippen LogP contribution in [-0.4, -0.2) is 34.6 Å². The molecule has 0 spiro atoms. The van der Waals surface area contributed by atoms with Crippen LogP contribution in [-0.2, 0) is 6.54 Å². The minimum absolute atomic E-state index is 0.0126. The van der Waals surface area contributed by atoms with Crippen LogP contribution in [0.2, 0.25) is 0 Å². The molecule has 0 fully saturated rings. The minimum Gasteiger partial charge on any atom is -0.506 e. The van der Waals surface area contributed by atoms with Gasteiger partial charge in [-0.05, 0) is 30.7 Å². The zero-order valence-corrected chi connectivity index (χ0v) is 12.1. The molecule has 5 nitrogen and oxygen atoms in total. The maximum atomic E-state index is 12.4. The van der Waals surface area contributed by atoms with Crippen molar-refractivity contribution in [3.8, 4) is 11.5 Å². The van der Waals surface area contributed by atoms with Crippen LogP contribution in [0.4, 0.5) is 0 Å². The van der Waals surface area contributed by atoms with Crippen LogP contribution in [0.1, 0.15) is 22.8 Å². The van der Waals surface area contributed by atoms with Crippen LogP contribution in [0.3, 0.4) is 0 Å². The maximum Gasteiger partial charge on any atom is 0.255 e. The van der Waals surface area contributed by atoms with E-state index in [1.54, 1.807) is 12.0 Å². The van der Waals surface area contributed by atoms with E-state index in [0.29, 0.717) is 18.7 Å². The van der Waals surface area contributed by atoms with Gasteiger partial charge in [-0.2, -0.15) is 0 Å². The SMILES string of the molecule is CCN(Cc1ccc(OC)cc1)C(=O)c1cncc(O)c1. The Morgan fingerprint density at radius 1 is 1.29 bits per heavy atom. The second kappa shape index (κ2) is 6.74. The molecule has 0 saturated carbocycles. The summed E-state index contributed by atoms with van der Waals surface area (Å²) in [7, 11) is 1.62. The zero-order valence-electron chi connectivity index (χ0n) is 12.1. The average molecular weight is 286 g/mol. The fourth-order valence-electron chi connectivity index (χ4n) is 2.01. The molecule has 1 heterocycles. The molecule has 5 heteroatoms. The quantitative estimate of drug-likeness (QED) is 0.917. The minimum atomic E-state index is -0.156. The number of aromatic hydroxyl groups is 1. The Labute approximate surface area is 123 Å². The average Bonchev–Trinajstić information content (AvgIpc) is 2.52. The van der Waals surface area contributed by atoms with Crippen molar-refractivity contribution in [3.63, 3.8) is 0 Å². The second-order valence-corrected chi connectivity index (χ2v) is 4.60. The molecule has 1 aromatic heterocycles. The molecule has 1 aromatic carbocycles. The number of methoxy groups -OCH3 is 1. The van der Waals surface area contributed by atoms with Gasteiger partial charge in [-0.1, -0.05) is 12.1 Å². The van der Waals surface area contributed by atoms with Gasteiger partial charge in [-0.25, -0.2) is 0 Å². The summed E-state index contributed by atoms with van der Waals surface area (Å²) < 4.78 is 5.11. The summed E-state index contributed by atoms with van der Waals surface area (Å²) in [6.45, 7) is 2.98. The van der Waals surface area contributed by atoms with Gasteiger partial charge >= 0.3 is 0 Å². The number of carbonyl (C=O) groups excluding carboxylic acids is 1. The lowest BCUT2D eigenvalue weighted by Crippen LogP contribution is -2.30. The van der Waals surface area contributed by atoms with Crippen molar-refractivity contribution in [1.82, 2.24) is 9.88 Å². The van der Waals surface area contributed by atoms with E-state index in [1.165, 1.54) is 18.5 Å². The molecule has 2 aromatic rings. The first-order chi connectivity index (χ1) is 10.1. The van der Waals surface area contributed by atoms with Crippen LogP contribution >= 0.6 is 0 Å². The van der Waals surface area contributed by atoms with Crippen molar-refractivity contribution in [1.29, 1.82) is 0 Å². The molecule has 0 aliphatic heterocycles. The molecular formula is C16H18N2O3. The molecule has 0 bridgehead atoms. The van der Waals surface area contributed by atoms with E-state index in [0.717, 1.165) is 11.3 Å². The molecule has 110 valence electrons. The molecule has 1 N–H and O–H groups in total. The highest BCUT2D eigenvalue weighted by Gasteiger charge is 2.15. The van der Waals surface area contributed by atoms with Gasteiger partial charge in [0.2, 0.25) is 0 Å². The first-order valence-corrected chi connectivity index (χ1v) is 6.70. The smallest absolute Gasteiger partial charge is 0.255 e. The number of carbonyl (C=O) groups is 1. The summed E-state index contributed by atoms with van der Waals surface area (Å²) in [5.41, 5.74) is 1.39. The zero-order chi connectivity index (χ0) is 15.2. The number of benzene rings is 1. The van der Waals surface area contributed by atoms with Gasteiger partial charge in [0.25, 0.3) is 5.91 Å². The number of amides is 1. The maximum absolute atomic E-state index is 12.4. The molecule has 0 radical (unpaired) electrons. The number of hydrogen-bond acceptors (Lipinski definition) is 4. The molecule has 2 rings (SSSR count). The Bertz CT molecular complexity index is 611. The Morgan fingerprint density at radius 2 is 2.00 bits per heavy atom. The Balaban J connectivity index is 2.13. The molecule has 0 atom stereocenters. The van der Waals surface area contributed by atoms with Crippen LogP contribution in [0.15, 0.2) is 42.7 Å². The van der Waals surface area contributed by atoms with Gasteiger partial charge in [-0.15, -0.1) is 0 Å². The van der Waals surface area contributed by atoms with E-state index in [2.05, 4.69) is 4.98 Å². The van der Waals surface area contributed by atoms with Gasteiger partial charge in [0.15, 0.2) is 0 Å². The predicted molar refractivity (Wildman–Crippen MR) is 79.3 cm³/mol. The molecule has 21 heavy (non-hydrogen) atoms. The van der Waals surface area contributed by atoms with Crippen molar-refractivity contribution in [2.75, 3.05) is 13.7 Å². The summed E-state index contributed by atoms with van der Waals surface area (Å²) in [5, 5.41) is 9.42. The van der Waals surface area contributed by atoms with E-state index < -0.39 is 0 Å². The van der Waals surface area contributed by atoms with Crippen LogP contribution < -0.4 is 4.74 Å². The number of rotatable bonds is 5. The van der Waals surface area contributed by atoms with E-state index in [4.69, 9.17) is 4.74 Å². The summed E-state index contributed by atoms with van der Waals surface area (Å²) in [6.07, 6.45) is 2.76. The first-order valence-electron chi connectivity index (χ1n) is 6.70. The standard InChI is InChI=1S/C16H18N2O3/c1-3-18(11-12-4-6-15(21-2)7-5-12)16(20)13-8-14(19)10-17-9-13/h4-10,19H,3,11H2,1-2H3. The molecule has 0 saturated heterocycles. The number of hydrogen-bond donors (Lipinski definition) is 1. The largest absolute Gasteiger partial charge is 0.506 e. The summed E-state index contributed by atoms with van der Waals surface area (Å²) in [5.74, 6) is 0.614. The summed E-state index contributed by atoms with van der Waals surface area (Å²) in [6, 6.07) is 9.00. The van der Waals surface area contributed by atoms with Gasteiger partial charge in [0.05, 0.1) is 18.9 Å². The van der Waals surface area contributed by atoms with Crippen molar-refractivity contribution in [3.05, 3.63) is 53.9 Å². The third kappa shape index (κ3) is 3.72. The Kier molecular flexibility index (Phi) is 4.77.